The van der Waals surface area contributed by atoms with Gasteiger partial charge in [-0.2, -0.15) is 26.4 Å². The summed E-state index contributed by atoms with van der Waals surface area (Å²) in [5.74, 6) is 2.69. The zero-order chi connectivity index (χ0) is 12.3. The summed E-state index contributed by atoms with van der Waals surface area (Å²) in [7, 11) is 0. The molecule has 2 rings (SSSR count). The molecule has 2 aromatic rings. The molecule has 0 aliphatic heterocycles. The van der Waals surface area contributed by atoms with Crippen LogP contribution in [0.5, 0.6) is 0 Å². The van der Waals surface area contributed by atoms with E-state index in [2.05, 4.69) is 33.6 Å². The maximum Gasteiger partial charge on any atom is 0.254 e. The third-order valence-corrected chi connectivity index (χ3v) is 3.33. The van der Waals surface area contributed by atoms with Crippen LogP contribution < -0.4 is 5.32 Å². The number of fused-ring (bicyclic) bond motifs is 1. The molecule has 0 radical (unpaired) electrons. The molecule has 5 nitrogen and oxygen atoms in total. The highest BCUT2D eigenvalue weighted by atomic mass is 32.2. The van der Waals surface area contributed by atoms with Gasteiger partial charge >= 0.3 is 0 Å². The Morgan fingerprint density at radius 2 is 2.35 bits per heavy atom. The molecule has 0 saturated carbocycles. The zero-order valence-corrected chi connectivity index (χ0v) is 11.2. The molecule has 6 heteroatoms. The molecule has 0 amide bonds. The van der Waals surface area contributed by atoms with Gasteiger partial charge in [0.05, 0.1) is 0 Å². The first-order valence-electron chi connectivity index (χ1n) is 5.67. The van der Waals surface area contributed by atoms with Crippen LogP contribution in [0.4, 0.5) is 5.82 Å². The van der Waals surface area contributed by atoms with Gasteiger partial charge in [0.1, 0.15) is 12.1 Å². The third kappa shape index (κ3) is 2.69. The normalized spacial score (nSPS) is 12.9. The van der Waals surface area contributed by atoms with Crippen molar-refractivity contribution in [1.82, 2.24) is 19.6 Å². The molecule has 2 aromatic heterocycles. The lowest BCUT2D eigenvalue weighted by Gasteiger charge is -2.17. The van der Waals surface area contributed by atoms with E-state index in [-0.39, 0.29) is 0 Å². The van der Waals surface area contributed by atoms with Gasteiger partial charge in [-0.3, -0.25) is 0 Å². The molecule has 92 valence electrons. The van der Waals surface area contributed by atoms with Crippen LogP contribution in [-0.2, 0) is 0 Å². The molecule has 1 atom stereocenters. The molecule has 1 N–H and O–H groups in total. The van der Waals surface area contributed by atoms with Crippen molar-refractivity contribution in [2.24, 2.45) is 0 Å². The first kappa shape index (κ1) is 12.2. The average Bonchev–Trinajstić information content (AvgIpc) is 2.76. The molecule has 0 bridgehead atoms. The van der Waals surface area contributed by atoms with Crippen molar-refractivity contribution in [3.8, 4) is 0 Å². The predicted molar refractivity (Wildman–Crippen MR) is 71.6 cm³/mol. The fourth-order valence-electron chi connectivity index (χ4n) is 1.71. The van der Waals surface area contributed by atoms with E-state index in [0.29, 0.717) is 11.8 Å². The van der Waals surface area contributed by atoms with Gasteiger partial charge in [-0.1, -0.05) is 6.92 Å². The summed E-state index contributed by atoms with van der Waals surface area (Å²) >= 11 is 1.84. The van der Waals surface area contributed by atoms with Crippen LogP contribution in [0.1, 0.15) is 19.0 Å². The summed E-state index contributed by atoms with van der Waals surface area (Å²) < 4.78 is 1.75. The molecule has 0 aliphatic carbocycles. The van der Waals surface area contributed by atoms with Crippen LogP contribution in [0.25, 0.3) is 5.78 Å². The summed E-state index contributed by atoms with van der Waals surface area (Å²) in [5.41, 5.74) is 0.951. The fraction of sp³-hybridized carbons (Fsp3) is 0.545. The first-order chi connectivity index (χ1) is 8.24. The molecule has 0 aliphatic rings. The smallest absolute Gasteiger partial charge is 0.254 e. The summed E-state index contributed by atoms with van der Waals surface area (Å²) in [4.78, 5) is 8.43. The van der Waals surface area contributed by atoms with Crippen LogP contribution in [0.3, 0.4) is 0 Å². The van der Waals surface area contributed by atoms with E-state index in [1.165, 1.54) is 6.33 Å². The van der Waals surface area contributed by atoms with Crippen LogP contribution in [0.15, 0.2) is 12.4 Å². The minimum atomic E-state index is 0.444. The monoisotopic (exact) mass is 251 g/mol. The van der Waals surface area contributed by atoms with Gasteiger partial charge in [-0.25, -0.2) is 4.98 Å². The average molecular weight is 251 g/mol. The minimum Gasteiger partial charge on any atom is -0.366 e. The number of aryl methyl sites for hydroxylation is 1. The number of nitrogens with one attached hydrogen (secondary N) is 1. The highest BCUT2D eigenvalue weighted by molar-refractivity contribution is 7.98. The second kappa shape index (κ2) is 5.35. The molecule has 0 saturated heterocycles. The van der Waals surface area contributed by atoms with Crippen molar-refractivity contribution in [1.29, 1.82) is 0 Å². The SMILES string of the molecule is CCC(CSC)Nc1cc(C)nc2ncnn12. The van der Waals surface area contributed by atoms with Gasteiger partial charge in [0.25, 0.3) is 5.78 Å². The Labute approximate surface area is 105 Å². The van der Waals surface area contributed by atoms with E-state index in [9.17, 15) is 0 Å². The van der Waals surface area contributed by atoms with Crippen molar-refractivity contribution in [3.05, 3.63) is 18.1 Å². The van der Waals surface area contributed by atoms with E-state index >= 15 is 0 Å². The summed E-state index contributed by atoms with van der Waals surface area (Å²) in [5, 5.41) is 7.68. The van der Waals surface area contributed by atoms with Crippen LogP contribution in [0.2, 0.25) is 0 Å². The largest absolute Gasteiger partial charge is 0.366 e. The van der Waals surface area contributed by atoms with Crippen LogP contribution in [-0.4, -0.2) is 37.6 Å². The molecule has 0 fully saturated rings. The van der Waals surface area contributed by atoms with Crippen molar-refractivity contribution < 1.29 is 0 Å². The van der Waals surface area contributed by atoms with Crippen LogP contribution in [0, 0.1) is 6.92 Å². The maximum absolute atomic E-state index is 4.32. The second-order valence-corrected chi connectivity index (χ2v) is 4.87. The summed E-state index contributed by atoms with van der Waals surface area (Å²) in [6.45, 7) is 4.15. The molecule has 2 heterocycles. The number of thioether (sulfide) groups is 1. The Kier molecular flexibility index (Phi) is 3.83. The molecule has 1 unspecified atom stereocenters. The van der Waals surface area contributed by atoms with Crippen molar-refractivity contribution >= 4 is 23.4 Å². The minimum absolute atomic E-state index is 0.444. The number of hydrogen-bond acceptors (Lipinski definition) is 5. The third-order valence-electron chi connectivity index (χ3n) is 2.59. The Balaban J connectivity index is 2.30. The lowest BCUT2D eigenvalue weighted by atomic mass is 10.2. The van der Waals surface area contributed by atoms with Crippen molar-refractivity contribution in [2.75, 3.05) is 17.3 Å². The van der Waals surface area contributed by atoms with E-state index in [0.717, 1.165) is 23.7 Å². The van der Waals surface area contributed by atoms with Crippen molar-refractivity contribution in [3.63, 3.8) is 0 Å². The highest BCUT2D eigenvalue weighted by Crippen LogP contribution is 2.14. The fourth-order valence-corrected chi connectivity index (χ4v) is 2.43. The van der Waals surface area contributed by atoms with E-state index in [1.54, 1.807) is 4.52 Å². The molecule has 0 spiro atoms. The Bertz CT molecular complexity index is 496. The van der Waals surface area contributed by atoms with Crippen LogP contribution >= 0.6 is 11.8 Å². The lowest BCUT2D eigenvalue weighted by molar-refractivity contribution is 0.757. The van der Waals surface area contributed by atoms with Gasteiger partial charge in [0, 0.05) is 23.6 Å². The number of nitrogens with zero attached hydrogens (tertiary/aromatic N) is 4. The quantitative estimate of drug-likeness (QED) is 0.880. The van der Waals surface area contributed by atoms with E-state index in [4.69, 9.17) is 0 Å². The Hall–Kier alpha value is -1.30. The summed E-state index contributed by atoms with van der Waals surface area (Å²) in [6, 6.07) is 2.45. The topological polar surface area (TPSA) is 55.1 Å². The molecule has 17 heavy (non-hydrogen) atoms. The summed E-state index contributed by atoms with van der Waals surface area (Å²) in [6.07, 6.45) is 4.73. The van der Waals surface area contributed by atoms with Gasteiger partial charge in [-0.05, 0) is 19.6 Å². The Morgan fingerprint density at radius 1 is 1.53 bits per heavy atom. The van der Waals surface area contributed by atoms with Gasteiger partial charge in [0.2, 0.25) is 0 Å². The second-order valence-electron chi connectivity index (χ2n) is 3.96. The number of anilines is 1. The predicted octanol–water partition coefficient (Wildman–Crippen LogP) is 1.99. The number of hydrogen-bond donors (Lipinski definition) is 1. The lowest BCUT2D eigenvalue weighted by Crippen LogP contribution is -2.23. The number of aromatic nitrogens is 4. The molecular weight excluding hydrogens is 234 g/mol. The number of rotatable bonds is 5. The highest BCUT2D eigenvalue weighted by Gasteiger charge is 2.10. The standard InChI is InChI=1S/C11H17N5S/c1-4-9(6-17-3)15-10-5-8(2)14-11-12-7-13-16(10)11/h5,7,9,15H,4,6H2,1-3H3. The van der Waals surface area contributed by atoms with E-state index < -0.39 is 0 Å². The molecular formula is C11H17N5S. The van der Waals surface area contributed by atoms with Crippen molar-refractivity contribution in [2.45, 2.75) is 26.3 Å². The van der Waals surface area contributed by atoms with Gasteiger partial charge in [-0.15, -0.1) is 0 Å². The Morgan fingerprint density at radius 3 is 3.06 bits per heavy atom. The van der Waals surface area contributed by atoms with Gasteiger partial charge in [0.15, 0.2) is 0 Å². The first-order valence-corrected chi connectivity index (χ1v) is 7.06. The van der Waals surface area contributed by atoms with Gasteiger partial charge < -0.3 is 5.32 Å². The maximum atomic E-state index is 4.32. The van der Waals surface area contributed by atoms with E-state index in [1.807, 2.05) is 24.8 Å². The zero-order valence-electron chi connectivity index (χ0n) is 10.3. The molecule has 0 aromatic carbocycles.